The van der Waals surface area contributed by atoms with Crippen LogP contribution in [0.3, 0.4) is 0 Å². The second-order valence-corrected chi connectivity index (χ2v) is 5.87. The number of fused-ring (bicyclic) bond motifs is 1. The molecule has 3 aromatic rings. The highest BCUT2D eigenvalue weighted by molar-refractivity contribution is 9.10. The summed E-state index contributed by atoms with van der Waals surface area (Å²) in [6, 6.07) is 14.5. The zero-order valence-corrected chi connectivity index (χ0v) is 14.0. The molecule has 0 aliphatic heterocycles. The highest BCUT2D eigenvalue weighted by Crippen LogP contribution is 2.30. The molecule has 106 valence electrons. The molecule has 2 nitrogen and oxygen atoms in total. The Morgan fingerprint density at radius 2 is 1.90 bits per heavy atom. The highest BCUT2D eigenvalue weighted by Gasteiger charge is 2.10. The van der Waals surface area contributed by atoms with Crippen molar-refractivity contribution in [2.75, 3.05) is 0 Å². The lowest BCUT2D eigenvalue weighted by Crippen LogP contribution is -1.94. The molecule has 0 aliphatic rings. The molecule has 0 fully saturated rings. The van der Waals surface area contributed by atoms with Crippen molar-refractivity contribution in [1.29, 1.82) is 0 Å². The Balaban J connectivity index is 2.04. The van der Waals surface area contributed by atoms with E-state index in [4.69, 9.17) is 4.74 Å². The normalized spacial score (nSPS) is 10.8. The highest BCUT2D eigenvalue weighted by atomic mass is 79.9. The molecule has 0 amide bonds. The second-order valence-electron chi connectivity index (χ2n) is 4.46. The van der Waals surface area contributed by atoms with Gasteiger partial charge in [-0.1, -0.05) is 34.1 Å². The number of halogens is 3. The third-order valence-electron chi connectivity index (χ3n) is 3.01. The van der Waals surface area contributed by atoms with Gasteiger partial charge >= 0.3 is 0 Å². The van der Waals surface area contributed by atoms with E-state index in [0.717, 1.165) is 16.5 Å². The summed E-state index contributed by atoms with van der Waals surface area (Å²) in [7, 11) is 0. The summed E-state index contributed by atoms with van der Waals surface area (Å²) < 4.78 is 19.7. The third-order valence-corrected chi connectivity index (χ3v) is 4.26. The number of hydrogen-bond acceptors (Lipinski definition) is 2. The van der Waals surface area contributed by atoms with Crippen LogP contribution in [0.2, 0.25) is 0 Å². The van der Waals surface area contributed by atoms with Crippen molar-refractivity contribution in [1.82, 2.24) is 4.98 Å². The van der Waals surface area contributed by atoms with Gasteiger partial charge in [-0.05, 0) is 40.2 Å². The van der Waals surface area contributed by atoms with E-state index >= 15 is 0 Å². The minimum atomic E-state index is -0.367. The van der Waals surface area contributed by atoms with Crippen molar-refractivity contribution in [2.45, 2.75) is 5.33 Å². The summed E-state index contributed by atoms with van der Waals surface area (Å²) in [4.78, 5) is 4.51. The Morgan fingerprint density at radius 1 is 1.10 bits per heavy atom. The summed E-state index contributed by atoms with van der Waals surface area (Å²) in [6.07, 6.45) is 0. The summed E-state index contributed by atoms with van der Waals surface area (Å²) in [5.41, 5.74) is 1.76. The zero-order valence-electron chi connectivity index (χ0n) is 10.8. The largest absolute Gasteiger partial charge is 0.439 e. The van der Waals surface area contributed by atoms with E-state index in [1.807, 2.05) is 30.3 Å². The van der Waals surface area contributed by atoms with Gasteiger partial charge in [0.05, 0.1) is 9.99 Å². The van der Waals surface area contributed by atoms with Crippen LogP contribution in [0.4, 0.5) is 4.39 Å². The summed E-state index contributed by atoms with van der Waals surface area (Å²) in [5, 5.41) is 1.65. The van der Waals surface area contributed by atoms with Gasteiger partial charge in [0.15, 0.2) is 0 Å². The molecule has 0 aliphatic carbocycles. The van der Waals surface area contributed by atoms with Gasteiger partial charge in [0.2, 0.25) is 5.88 Å². The van der Waals surface area contributed by atoms with E-state index < -0.39 is 0 Å². The lowest BCUT2D eigenvalue weighted by atomic mass is 10.2. The van der Waals surface area contributed by atoms with Gasteiger partial charge in [-0.2, -0.15) is 0 Å². The molecule has 2 aromatic carbocycles. The number of aromatic nitrogens is 1. The molecule has 1 heterocycles. The van der Waals surface area contributed by atoms with Crippen LogP contribution in [-0.2, 0) is 5.33 Å². The molecule has 5 heteroatoms. The molecule has 0 bridgehead atoms. The van der Waals surface area contributed by atoms with Gasteiger partial charge < -0.3 is 4.74 Å². The maximum atomic E-state index is 13.6. The van der Waals surface area contributed by atoms with Crippen molar-refractivity contribution >= 4 is 42.8 Å². The van der Waals surface area contributed by atoms with Crippen LogP contribution in [0, 0.1) is 5.82 Å². The minimum absolute atomic E-state index is 0.367. The Hall–Kier alpha value is -1.46. The number of hydrogen-bond donors (Lipinski definition) is 0. The van der Waals surface area contributed by atoms with Gasteiger partial charge in [0, 0.05) is 22.3 Å². The summed E-state index contributed by atoms with van der Waals surface area (Å²) in [5.74, 6) is 0.529. The Labute approximate surface area is 138 Å². The molecule has 0 radical (unpaired) electrons. The van der Waals surface area contributed by atoms with E-state index in [1.165, 1.54) is 6.07 Å². The van der Waals surface area contributed by atoms with Crippen LogP contribution in [0.25, 0.3) is 10.9 Å². The van der Waals surface area contributed by atoms with Crippen LogP contribution < -0.4 is 4.74 Å². The van der Waals surface area contributed by atoms with Crippen LogP contribution in [-0.4, -0.2) is 4.98 Å². The average molecular weight is 411 g/mol. The van der Waals surface area contributed by atoms with Crippen molar-refractivity contribution in [3.8, 4) is 11.6 Å². The van der Waals surface area contributed by atoms with Crippen molar-refractivity contribution in [2.24, 2.45) is 0 Å². The van der Waals surface area contributed by atoms with Gasteiger partial charge in [0.1, 0.15) is 11.6 Å². The first-order valence-corrected chi connectivity index (χ1v) is 8.16. The summed E-state index contributed by atoms with van der Waals surface area (Å²) >= 11 is 6.55. The molecular formula is C16H10Br2FNO. The second kappa shape index (κ2) is 6.12. The van der Waals surface area contributed by atoms with Crippen molar-refractivity contribution < 1.29 is 9.13 Å². The third kappa shape index (κ3) is 3.09. The van der Waals surface area contributed by atoms with Crippen LogP contribution in [0.15, 0.2) is 53.0 Å². The lowest BCUT2D eigenvalue weighted by molar-refractivity contribution is 0.455. The number of rotatable bonds is 3. The Morgan fingerprint density at radius 3 is 2.67 bits per heavy atom. The topological polar surface area (TPSA) is 22.1 Å². The molecule has 0 unspecified atom stereocenters. The summed E-state index contributed by atoms with van der Waals surface area (Å²) in [6.45, 7) is 0. The molecule has 0 spiro atoms. The molecule has 0 N–H and O–H groups in total. The lowest BCUT2D eigenvalue weighted by Gasteiger charge is -2.10. The average Bonchev–Trinajstić information content (AvgIpc) is 2.50. The molecule has 21 heavy (non-hydrogen) atoms. The quantitative estimate of drug-likeness (QED) is 0.507. The predicted octanol–water partition coefficient (Wildman–Crippen LogP) is 5.82. The van der Waals surface area contributed by atoms with E-state index in [1.54, 1.807) is 12.1 Å². The van der Waals surface area contributed by atoms with E-state index in [2.05, 4.69) is 36.8 Å². The number of benzene rings is 2. The van der Waals surface area contributed by atoms with Crippen LogP contribution >= 0.6 is 31.9 Å². The molecule has 0 saturated carbocycles. The number of pyridine rings is 1. The fourth-order valence-corrected chi connectivity index (χ4v) is 2.63. The molecule has 1 aromatic heterocycles. The number of nitrogens with zero attached hydrogens (tertiary/aromatic N) is 1. The number of alkyl halides is 1. The maximum absolute atomic E-state index is 13.6. The standard InChI is InChI=1S/C16H10Br2FNO/c17-9-11-7-10-3-1-2-4-15(10)20-16(11)21-12-5-6-13(18)14(19)8-12/h1-8H,9H2. The predicted molar refractivity (Wildman–Crippen MR) is 88.5 cm³/mol. The zero-order chi connectivity index (χ0) is 14.8. The van der Waals surface area contributed by atoms with Crippen molar-refractivity contribution in [3.05, 3.63) is 64.4 Å². The fourth-order valence-electron chi connectivity index (χ4n) is 1.98. The first kappa shape index (κ1) is 14.5. The van der Waals surface area contributed by atoms with Crippen molar-refractivity contribution in [3.63, 3.8) is 0 Å². The number of ether oxygens (including phenoxy) is 1. The minimum Gasteiger partial charge on any atom is -0.439 e. The first-order chi connectivity index (χ1) is 10.2. The van der Waals surface area contributed by atoms with E-state index in [0.29, 0.717) is 21.4 Å². The maximum Gasteiger partial charge on any atom is 0.223 e. The van der Waals surface area contributed by atoms with Gasteiger partial charge in [-0.15, -0.1) is 0 Å². The first-order valence-electron chi connectivity index (χ1n) is 6.25. The SMILES string of the molecule is Fc1cc(Oc2nc3ccccc3cc2CBr)ccc1Br. The van der Waals surface area contributed by atoms with E-state index in [9.17, 15) is 4.39 Å². The molecular weight excluding hydrogens is 401 g/mol. The van der Waals surface area contributed by atoms with E-state index in [-0.39, 0.29) is 5.82 Å². The molecule has 0 saturated heterocycles. The Kier molecular flexibility index (Phi) is 4.22. The monoisotopic (exact) mass is 409 g/mol. The number of para-hydroxylation sites is 1. The smallest absolute Gasteiger partial charge is 0.223 e. The molecule has 3 rings (SSSR count). The van der Waals surface area contributed by atoms with Gasteiger partial charge in [-0.25, -0.2) is 9.37 Å². The van der Waals surface area contributed by atoms with Crippen LogP contribution in [0.1, 0.15) is 5.56 Å². The van der Waals surface area contributed by atoms with Gasteiger partial charge in [-0.3, -0.25) is 0 Å². The van der Waals surface area contributed by atoms with Gasteiger partial charge in [0.25, 0.3) is 0 Å². The Bertz CT molecular complexity index is 807. The molecule has 0 atom stereocenters. The van der Waals surface area contributed by atoms with Crippen LogP contribution in [0.5, 0.6) is 11.6 Å². The fraction of sp³-hybridized carbons (Fsp3) is 0.0625.